The van der Waals surface area contributed by atoms with Gasteiger partial charge < -0.3 is 14.6 Å². The SMILES string of the molecule is CC=CC(=O)OCCOC(=O)C1CCCCC1C(=O)O. The van der Waals surface area contributed by atoms with E-state index in [1.165, 1.54) is 6.08 Å². The van der Waals surface area contributed by atoms with Gasteiger partial charge in [-0.05, 0) is 19.8 Å². The largest absolute Gasteiger partial charge is 0.481 e. The molecule has 0 bridgehead atoms. The van der Waals surface area contributed by atoms with Crippen LogP contribution in [0.5, 0.6) is 0 Å². The van der Waals surface area contributed by atoms with E-state index in [1.807, 2.05) is 0 Å². The molecule has 1 aliphatic rings. The van der Waals surface area contributed by atoms with Crippen LogP contribution in [-0.4, -0.2) is 36.2 Å². The number of esters is 2. The predicted octanol–water partition coefficient (Wildman–Crippen LogP) is 1.54. The van der Waals surface area contributed by atoms with Crippen LogP contribution in [0.25, 0.3) is 0 Å². The van der Waals surface area contributed by atoms with Gasteiger partial charge in [0.25, 0.3) is 0 Å². The monoisotopic (exact) mass is 284 g/mol. The summed E-state index contributed by atoms with van der Waals surface area (Å²) in [4.78, 5) is 33.9. The number of hydrogen-bond acceptors (Lipinski definition) is 5. The van der Waals surface area contributed by atoms with Gasteiger partial charge in [0.05, 0.1) is 11.8 Å². The van der Waals surface area contributed by atoms with Crippen molar-refractivity contribution in [3.05, 3.63) is 12.2 Å². The molecule has 0 heterocycles. The molecule has 0 radical (unpaired) electrons. The highest BCUT2D eigenvalue weighted by Crippen LogP contribution is 2.31. The molecule has 0 amide bonds. The third-order valence-corrected chi connectivity index (χ3v) is 3.26. The standard InChI is InChI=1S/C14H20O6/c1-2-5-12(15)19-8-9-20-14(18)11-7-4-3-6-10(11)13(16)17/h2,5,10-11H,3-4,6-9H2,1H3,(H,16,17). The number of ether oxygens (including phenoxy) is 2. The first-order valence-electron chi connectivity index (χ1n) is 6.75. The van der Waals surface area contributed by atoms with Gasteiger partial charge in [0.1, 0.15) is 13.2 Å². The minimum atomic E-state index is -0.953. The second-order valence-corrected chi connectivity index (χ2v) is 4.67. The average molecular weight is 284 g/mol. The summed E-state index contributed by atoms with van der Waals surface area (Å²) >= 11 is 0. The molecule has 0 aliphatic heterocycles. The Labute approximate surface area is 117 Å². The van der Waals surface area contributed by atoms with Gasteiger partial charge in [0.15, 0.2) is 0 Å². The quantitative estimate of drug-likeness (QED) is 0.452. The lowest BCUT2D eigenvalue weighted by Gasteiger charge is -2.26. The fraction of sp³-hybridized carbons (Fsp3) is 0.643. The Kier molecular flexibility index (Phi) is 6.76. The maximum atomic E-state index is 11.8. The van der Waals surface area contributed by atoms with Crippen LogP contribution in [0.3, 0.4) is 0 Å². The van der Waals surface area contributed by atoms with Crippen molar-refractivity contribution in [3.63, 3.8) is 0 Å². The minimum absolute atomic E-state index is 0.0284. The molecule has 0 aromatic rings. The lowest BCUT2D eigenvalue weighted by Crippen LogP contribution is -2.34. The number of aliphatic carboxylic acids is 1. The topological polar surface area (TPSA) is 89.9 Å². The van der Waals surface area contributed by atoms with Crippen LogP contribution in [0.4, 0.5) is 0 Å². The van der Waals surface area contributed by atoms with Crippen molar-refractivity contribution in [1.82, 2.24) is 0 Å². The molecule has 6 heteroatoms. The van der Waals surface area contributed by atoms with Gasteiger partial charge in [-0.25, -0.2) is 4.79 Å². The first kappa shape index (κ1) is 16.2. The first-order valence-corrected chi connectivity index (χ1v) is 6.75. The molecule has 0 saturated heterocycles. The minimum Gasteiger partial charge on any atom is -0.481 e. The number of allylic oxidation sites excluding steroid dienone is 1. The highest BCUT2D eigenvalue weighted by molar-refractivity contribution is 5.82. The molecule has 0 spiro atoms. The smallest absolute Gasteiger partial charge is 0.330 e. The molecule has 1 rings (SSSR count). The summed E-state index contributed by atoms with van der Waals surface area (Å²) < 4.78 is 9.76. The lowest BCUT2D eigenvalue weighted by atomic mass is 9.79. The van der Waals surface area contributed by atoms with Gasteiger partial charge >= 0.3 is 17.9 Å². The van der Waals surface area contributed by atoms with Crippen LogP contribution < -0.4 is 0 Å². The van der Waals surface area contributed by atoms with E-state index in [4.69, 9.17) is 14.6 Å². The van der Waals surface area contributed by atoms with Crippen molar-refractivity contribution in [2.24, 2.45) is 11.8 Å². The number of carboxylic acid groups (broad SMARTS) is 1. The summed E-state index contributed by atoms with van der Waals surface area (Å²) in [5.41, 5.74) is 0. The summed E-state index contributed by atoms with van der Waals surface area (Å²) in [7, 11) is 0. The molecule has 2 atom stereocenters. The zero-order chi connectivity index (χ0) is 15.0. The van der Waals surface area contributed by atoms with Crippen LogP contribution in [0, 0.1) is 11.8 Å². The molecule has 1 saturated carbocycles. The average Bonchev–Trinajstić information content (AvgIpc) is 2.43. The molecule has 1 fully saturated rings. The van der Waals surface area contributed by atoms with Crippen LogP contribution >= 0.6 is 0 Å². The van der Waals surface area contributed by atoms with Gasteiger partial charge in [-0.1, -0.05) is 18.9 Å². The van der Waals surface area contributed by atoms with E-state index >= 15 is 0 Å². The maximum Gasteiger partial charge on any atom is 0.330 e. The van der Waals surface area contributed by atoms with E-state index in [-0.39, 0.29) is 13.2 Å². The molecular weight excluding hydrogens is 264 g/mol. The summed E-state index contributed by atoms with van der Waals surface area (Å²) in [5.74, 6) is -3.22. The molecule has 1 aliphatic carbocycles. The molecule has 2 unspecified atom stereocenters. The van der Waals surface area contributed by atoms with E-state index in [1.54, 1.807) is 13.0 Å². The molecule has 112 valence electrons. The second kappa shape index (κ2) is 8.35. The lowest BCUT2D eigenvalue weighted by molar-refractivity contribution is -0.161. The van der Waals surface area contributed by atoms with Gasteiger partial charge in [0.2, 0.25) is 0 Å². The number of carbonyl (C=O) groups excluding carboxylic acids is 2. The highest BCUT2D eigenvalue weighted by Gasteiger charge is 2.36. The fourth-order valence-corrected chi connectivity index (χ4v) is 2.28. The number of carboxylic acids is 1. The Hall–Kier alpha value is -1.85. The Bertz CT molecular complexity index is 387. The van der Waals surface area contributed by atoms with Crippen molar-refractivity contribution in [2.75, 3.05) is 13.2 Å². The Morgan fingerprint density at radius 3 is 2.30 bits per heavy atom. The van der Waals surface area contributed by atoms with Crippen LogP contribution in [-0.2, 0) is 23.9 Å². The van der Waals surface area contributed by atoms with E-state index in [0.29, 0.717) is 12.8 Å². The Morgan fingerprint density at radius 2 is 1.70 bits per heavy atom. The summed E-state index contributed by atoms with van der Waals surface area (Å²) in [5, 5.41) is 9.08. The summed E-state index contributed by atoms with van der Waals surface area (Å²) in [6.45, 7) is 1.61. The summed E-state index contributed by atoms with van der Waals surface area (Å²) in [6, 6.07) is 0. The number of carbonyl (C=O) groups is 3. The van der Waals surface area contributed by atoms with E-state index in [2.05, 4.69) is 0 Å². The molecule has 0 aromatic carbocycles. The summed E-state index contributed by atoms with van der Waals surface area (Å²) in [6.07, 6.45) is 5.51. The van der Waals surface area contributed by atoms with Crippen molar-refractivity contribution < 1.29 is 29.0 Å². The first-order chi connectivity index (χ1) is 9.56. The second-order valence-electron chi connectivity index (χ2n) is 4.67. The van der Waals surface area contributed by atoms with Gasteiger partial charge in [0, 0.05) is 6.08 Å². The molecule has 20 heavy (non-hydrogen) atoms. The van der Waals surface area contributed by atoms with E-state index in [9.17, 15) is 14.4 Å². The third kappa shape index (κ3) is 5.03. The van der Waals surface area contributed by atoms with Crippen LogP contribution in [0.2, 0.25) is 0 Å². The van der Waals surface area contributed by atoms with E-state index < -0.39 is 29.7 Å². The predicted molar refractivity (Wildman–Crippen MR) is 69.8 cm³/mol. The van der Waals surface area contributed by atoms with Crippen molar-refractivity contribution in [3.8, 4) is 0 Å². The normalized spacial score (nSPS) is 22.4. The van der Waals surface area contributed by atoms with E-state index in [0.717, 1.165) is 12.8 Å². The third-order valence-electron chi connectivity index (χ3n) is 3.26. The number of rotatable bonds is 6. The fourth-order valence-electron chi connectivity index (χ4n) is 2.28. The Morgan fingerprint density at radius 1 is 1.10 bits per heavy atom. The van der Waals surface area contributed by atoms with Crippen LogP contribution in [0.15, 0.2) is 12.2 Å². The molecule has 0 aromatic heterocycles. The van der Waals surface area contributed by atoms with Crippen molar-refractivity contribution in [1.29, 1.82) is 0 Å². The Balaban J connectivity index is 2.34. The van der Waals surface area contributed by atoms with Crippen LogP contribution in [0.1, 0.15) is 32.6 Å². The van der Waals surface area contributed by atoms with Gasteiger partial charge in [-0.3, -0.25) is 9.59 Å². The van der Waals surface area contributed by atoms with Crippen molar-refractivity contribution >= 4 is 17.9 Å². The molecular formula is C14H20O6. The van der Waals surface area contributed by atoms with Gasteiger partial charge in [-0.2, -0.15) is 0 Å². The number of hydrogen-bond donors (Lipinski definition) is 1. The molecule has 6 nitrogen and oxygen atoms in total. The zero-order valence-corrected chi connectivity index (χ0v) is 11.5. The van der Waals surface area contributed by atoms with Crippen molar-refractivity contribution in [2.45, 2.75) is 32.6 Å². The maximum absolute atomic E-state index is 11.8. The van der Waals surface area contributed by atoms with Gasteiger partial charge in [-0.15, -0.1) is 0 Å². The zero-order valence-electron chi connectivity index (χ0n) is 11.5. The molecule has 1 N–H and O–H groups in total. The highest BCUT2D eigenvalue weighted by atomic mass is 16.6.